The zero-order chi connectivity index (χ0) is 15.2. The normalized spacial score (nSPS) is 12.4. The van der Waals surface area contributed by atoms with Crippen LogP contribution in [0.15, 0.2) is 42.5 Å². The molecule has 1 nitrogen and oxygen atoms in total. The Morgan fingerprint density at radius 1 is 1.05 bits per heavy atom. The summed E-state index contributed by atoms with van der Waals surface area (Å²) >= 11 is 12.4. The minimum atomic E-state index is -0.280. The first kappa shape index (κ1) is 16.3. The first-order valence-corrected chi connectivity index (χ1v) is 7.79. The summed E-state index contributed by atoms with van der Waals surface area (Å²) in [5.74, 6) is -0.280. The maximum absolute atomic E-state index is 14.0. The Kier molecular flexibility index (Phi) is 6.04. The predicted octanol–water partition coefficient (Wildman–Crippen LogP) is 5.42. The zero-order valence-corrected chi connectivity index (χ0v) is 13.4. The quantitative estimate of drug-likeness (QED) is 0.748. The van der Waals surface area contributed by atoms with Crippen molar-refractivity contribution in [1.82, 2.24) is 5.32 Å². The van der Waals surface area contributed by atoms with Gasteiger partial charge in [-0.3, -0.25) is 0 Å². The van der Waals surface area contributed by atoms with Crippen molar-refractivity contribution in [1.29, 1.82) is 0 Å². The van der Waals surface area contributed by atoms with Crippen LogP contribution < -0.4 is 5.32 Å². The molecule has 0 saturated heterocycles. The second-order valence-corrected chi connectivity index (χ2v) is 5.75. The van der Waals surface area contributed by atoms with E-state index in [1.54, 1.807) is 12.1 Å². The van der Waals surface area contributed by atoms with E-state index in [0.29, 0.717) is 22.0 Å². The average molecular weight is 326 g/mol. The van der Waals surface area contributed by atoms with Crippen molar-refractivity contribution in [3.8, 4) is 0 Å². The molecule has 1 N–H and O–H groups in total. The molecule has 0 fully saturated rings. The molecule has 0 bridgehead atoms. The molecule has 0 radical (unpaired) electrons. The van der Waals surface area contributed by atoms with Gasteiger partial charge >= 0.3 is 0 Å². The molecule has 112 valence electrons. The summed E-state index contributed by atoms with van der Waals surface area (Å²) in [7, 11) is 0. The highest BCUT2D eigenvalue weighted by Gasteiger charge is 2.18. The van der Waals surface area contributed by atoms with Crippen LogP contribution in [-0.4, -0.2) is 6.54 Å². The third kappa shape index (κ3) is 4.19. The lowest BCUT2D eigenvalue weighted by Crippen LogP contribution is -2.25. The molecular weight excluding hydrogens is 308 g/mol. The van der Waals surface area contributed by atoms with Gasteiger partial charge in [-0.25, -0.2) is 4.39 Å². The predicted molar refractivity (Wildman–Crippen MR) is 87.6 cm³/mol. The fourth-order valence-corrected chi connectivity index (χ4v) is 2.81. The highest BCUT2D eigenvalue weighted by Crippen LogP contribution is 2.29. The molecule has 0 aliphatic heterocycles. The summed E-state index contributed by atoms with van der Waals surface area (Å²) in [5, 5.41) is 4.55. The van der Waals surface area contributed by atoms with E-state index in [2.05, 4.69) is 12.2 Å². The van der Waals surface area contributed by atoms with Gasteiger partial charge in [0.2, 0.25) is 0 Å². The SMILES string of the molecule is CCCNC(Cc1c(F)cccc1Cl)c1ccccc1Cl. The molecule has 0 saturated carbocycles. The van der Waals surface area contributed by atoms with Crippen molar-refractivity contribution in [3.05, 3.63) is 69.5 Å². The van der Waals surface area contributed by atoms with Crippen LogP contribution in [0.4, 0.5) is 4.39 Å². The summed E-state index contributed by atoms with van der Waals surface area (Å²) in [6, 6.07) is 12.3. The summed E-state index contributed by atoms with van der Waals surface area (Å²) < 4.78 is 14.0. The Hall–Kier alpha value is -1.09. The van der Waals surface area contributed by atoms with Crippen LogP contribution in [0.3, 0.4) is 0 Å². The molecule has 2 aromatic carbocycles. The molecule has 2 rings (SSSR count). The lowest BCUT2D eigenvalue weighted by molar-refractivity contribution is 0.513. The Morgan fingerprint density at radius 3 is 2.43 bits per heavy atom. The van der Waals surface area contributed by atoms with Crippen LogP contribution in [0.2, 0.25) is 10.0 Å². The van der Waals surface area contributed by atoms with Gasteiger partial charge in [0.1, 0.15) is 5.82 Å². The van der Waals surface area contributed by atoms with E-state index in [-0.39, 0.29) is 11.9 Å². The summed E-state index contributed by atoms with van der Waals surface area (Å²) in [6.07, 6.45) is 1.46. The van der Waals surface area contributed by atoms with E-state index in [1.165, 1.54) is 6.07 Å². The largest absolute Gasteiger partial charge is 0.310 e. The van der Waals surface area contributed by atoms with Crippen LogP contribution in [0.1, 0.15) is 30.5 Å². The van der Waals surface area contributed by atoms with Crippen LogP contribution >= 0.6 is 23.2 Å². The van der Waals surface area contributed by atoms with Crippen molar-refractivity contribution in [3.63, 3.8) is 0 Å². The molecule has 2 aromatic rings. The summed E-state index contributed by atoms with van der Waals surface area (Å²) in [4.78, 5) is 0. The smallest absolute Gasteiger partial charge is 0.127 e. The fraction of sp³-hybridized carbons (Fsp3) is 0.294. The standard InChI is InChI=1S/C17H18Cl2FN/c1-2-10-21-17(12-6-3-4-7-14(12)18)11-13-15(19)8-5-9-16(13)20/h3-9,17,21H,2,10-11H2,1H3. The van der Waals surface area contributed by atoms with E-state index in [0.717, 1.165) is 18.5 Å². The molecular formula is C17H18Cl2FN. The highest BCUT2D eigenvalue weighted by molar-refractivity contribution is 6.31. The van der Waals surface area contributed by atoms with Crippen molar-refractivity contribution in [2.75, 3.05) is 6.54 Å². The van der Waals surface area contributed by atoms with Crippen molar-refractivity contribution < 1.29 is 4.39 Å². The van der Waals surface area contributed by atoms with Gasteiger partial charge in [0.15, 0.2) is 0 Å². The lowest BCUT2D eigenvalue weighted by atomic mass is 9.98. The van der Waals surface area contributed by atoms with Crippen molar-refractivity contribution >= 4 is 23.2 Å². The van der Waals surface area contributed by atoms with E-state index in [4.69, 9.17) is 23.2 Å². The van der Waals surface area contributed by atoms with Crippen molar-refractivity contribution in [2.45, 2.75) is 25.8 Å². The van der Waals surface area contributed by atoms with Crippen LogP contribution in [0, 0.1) is 5.82 Å². The van der Waals surface area contributed by atoms with E-state index < -0.39 is 0 Å². The molecule has 0 amide bonds. The Morgan fingerprint density at radius 2 is 1.76 bits per heavy atom. The molecule has 0 aliphatic rings. The van der Waals surface area contributed by atoms with Gasteiger partial charge in [0, 0.05) is 21.7 Å². The van der Waals surface area contributed by atoms with Gasteiger partial charge in [-0.05, 0) is 43.1 Å². The summed E-state index contributed by atoms with van der Waals surface area (Å²) in [5.41, 5.74) is 1.49. The molecule has 0 aliphatic carbocycles. The van der Waals surface area contributed by atoms with Gasteiger partial charge in [0.25, 0.3) is 0 Å². The molecule has 4 heteroatoms. The number of benzene rings is 2. The van der Waals surface area contributed by atoms with E-state index in [9.17, 15) is 4.39 Å². The van der Waals surface area contributed by atoms with E-state index in [1.807, 2.05) is 24.3 Å². The third-order valence-corrected chi connectivity index (χ3v) is 4.09. The first-order valence-electron chi connectivity index (χ1n) is 7.04. The Labute approximate surface area is 135 Å². The molecule has 1 unspecified atom stereocenters. The average Bonchev–Trinajstić information content (AvgIpc) is 2.47. The monoisotopic (exact) mass is 325 g/mol. The Balaban J connectivity index is 2.31. The second-order valence-electron chi connectivity index (χ2n) is 4.93. The minimum absolute atomic E-state index is 0.0620. The Bertz CT molecular complexity index is 581. The van der Waals surface area contributed by atoms with E-state index >= 15 is 0 Å². The van der Waals surface area contributed by atoms with Crippen LogP contribution in [0.25, 0.3) is 0 Å². The van der Waals surface area contributed by atoms with Crippen molar-refractivity contribution in [2.24, 2.45) is 0 Å². The number of halogens is 3. The first-order chi connectivity index (χ1) is 10.1. The summed E-state index contributed by atoms with van der Waals surface area (Å²) in [6.45, 7) is 2.93. The number of hydrogen-bond acceptors (Lipinski definition) is 1. The molecule has 21 heavy (non-hydrogen) atoms. The molecule has 0 spiro atoms. The number of nitrogens with one attached hydrogen (secondary N) is 1. The van der Waals surface area contributed by atoms with Crippen LogP contribution in [-0.2, 0) is 6.42 Å². The fourth-order valence-electron chi connectivity index (χ4n) is 2.30. The zero-order valence-electron chi connectivity index (χ0n) is 11.9. The van der Waals surface area contributed by atoms with Gasteiger partial charge in [-0.1, -0.05) is 54.4 Å². The minimum Gasteiger partial charge on any atom is -0.310 e. The molecule has 1 atom stereocenters. The number of hydrogen-bond donors (Lipinski definition) is 1. The molecule has 0 heterocycles. The van der Waals surface area contributed by atoms with Gasteiger partial charge < -0.3 is 5.32 Å². The van der Waals surface area contributed by atoms with Gasteiger partial charge in [-0.15, -0.1) is 0 Å². The lowest BCUT2D eigenvalue weighted by Gasteiger charge is -2.21. The third-order valence-electron chi connectivity index (χ3n) is 3.39. The van der Waals surface area contributed by atoms with Gasteiger partial charge in [-0.2, -0.15) is 0 Å². The van der Waals surface area contributed by atoms with Crippen LogP contribution in [0.5, 0.6) is 0 Å². The highest BCUT2D eigenvalue weighted by atomic mass is 35.5. The molecule has 0 aromatic heterocycles. The second kappa shape index (κ2) is 7.79. The maximum atomic E-state index is 14.0. The topological polar surface area (TPSA) is 12.0 Å². The number of rotatable bonds is 6. The van der Waals surface area contributed by atoms with Gasteiger partial charge in [0.05, 0.1) is 0 Å². The maximum Gasteiger partial charge on any atom is 0.127 e.